The zero-order valence-electron chi connectivity index (χ0n) is 9.60. The first-order chi connectivity index (χ1) is 7.77. The molecule has 0 bridgehead atoms. The lowest BCUT2D eigenvalue weighted by molar-refractivity contribution is 0.428. The second kappa shape index (κ2) is 4.94. The standard InChI is InChI=1S/C13H16N2O/c1-10-5-3-7-14-12(10)9-15-11(2)13-6-4-8-16-13/h3-8,11,15H,9H2,1-2H3/t11-/m1/s1. The van der Waals surface area contributed by atoms with Crippen LogP contribution in [0.5, 0.6) is 0 Å². The Balaban J connectivity index is 1.95. The van der Waals surface area contributed by atoms with Gasteiger partial charge in [0.2, 0.25) is 0 Å². The molecule has 0 aliphatic rings. The van der Waals surface area contributed by atoms with Crippen molar-refractivity contribution in [3.05, 3.63) is 53.7 Å². The lowest BCUT2D eigenvalue weighted by Crippen LogP contribution is -2.18. The highest BCUT2D eigenvalue weighted by molar-refractivity contribution is 5.17. The van der Waals surface area contributed by atoms with E-state index in [0.29, 0.717) is 0 Å². The summed E-state index contributed by atoms with van der Waals surface area (Å²) in [4.78, 5) is 4.34. The van der Waals surface area contributed by atoms with E-state index in [-0.39, 0.29) is 6.04 Å². The van der Waals surface area contributed by atoms with Crippen molar-refractivity contribution in [3.63, 3.8) is 0 Å². The van der Waals surface area contributed by atoms with Crippen LogP contribution in [0.15, 0.2) is 41.1 Å². The predicted octanol–water partition coefficient (Wildman–Crippen LogP) is 2.83. The van der Waals surface area contributed by atoms with Crippen LogP contribution < -0.4 is 5.32 Å². The Kier molecular flexibility index (Phi) is 3.37. The molecule has 1 atom stereocenters. The average Bonchev–Trinajstić information content (AvgIpc) is 2.81. The Labute approximate surface area is 95.5 Å². The van der Waals surface area contributed by atoms with E-state index in [9.17, 15) is 0 Å². The molecule has 0 unspecified atom stereocenters. The van der Waals surface area contributed by atoms with Crippen molar-refractivity contribution in [2.45, 2.75) is 26.4 Å². The van der Waals surface area contributed by atoms with Crippen LogP contribution in [-0.2, 0) is 6.54 Å². The molecule has 0 saturated carbocycles. The molecule has 0 fully saturated rings. The summed E-state index contributed by atoms with van der Waals surface area (Å²) in [5.41, 5.74) is 2.29. The van der Waals surface area contributed by atoms with E-state index in [2.05, 4.69) is 30.2 Å². The first-order valence-electron chi connectivity index (χ1n) is 5.44. The van der Waals surface area contributed by atoms with Crippen LogP contribution in [0.3, 0.4) is 0 Å². The molecule has 0 aromatic carbocycles. The molecular formula is C13H16N2O. The van der Waals surface area contributed by atoms with Gasteiger partial charge in [0.05, 0.1) is 18.0 Å². The van der Waals surface area contributed by atoms with Gasteiger partial charge in [-0.3, -0.25) is 4.98 Å². The fourth-order valence-electron chi connectivity index (χ4n) is 1.59. The number of aryl methyl sites for hydroxylation is 1. The van der Waals surface area contributed by atoms with Gasteiger partial charge < -0.3 is 9.73 Å². The van der Waals surface area contributed by atoms with Gasteiger partial charge >= 0.3 is 0 Å². The fraction of sp³-hybridized carbons (Fsp3) is 0.308. The minimum absolute atomic E-state index is 0.205. The van der Waals surface area contributed by atoms with Gasteiger partial charge in [-0.25, -0.2) is 0 Å². The second-order valence-corrected chi connectivity index (χ2v) is 3.89. The van der Waals surface area contributed by atoms with Crippen molar-refractivity contribution >= 4 is 0 Å². The second-order valence-electron chi connectivity index (χ2n) is 3.89. The highest BCUT2D eigenvalue weighted by Gasteiger charge is 2.08. The van der Waals surface area contributed by atoms with Crippen LogP contribution >= 0.6 is 0 Å². The maximum absolute atomic E-state index is 5.33. The smallest absolute Gasteiger partial charge is 0.120 e. The first kappa shape index (κ1) is 10.9. The number of furan rings is 1. The molecule has 0 aliphatic carbocycles. The van der Waals surface area contributed by atoms with Gasteiger partial charge in [0.1, 0.15) is 5.76 Å². The maximum atomic E-state index is 5.33. The molecule has 2 aromatic heterocycles. The van der Waals surface area contributed by atoms with Crippen molar-refractivity contribution in [1.82, 2.24) is 10.3 Å². The normalized spacial score (nSPS) is 12.6. The SMILES string of the molecule is Cc1cccnc1CN[C@H](C)c1ccco1. The summed E-state index contributed by atoms with van der Waals surface area (Å²) in [6.07, 6.45) is 3.51. The maximum Gasteiger partial charge on any atom is 0.120 e. The zero-order chi connectivity index (χ0) is 11.4. The van der Waals surface area contributed by atoms with Gasteiger partial charge in [-0.1, -0.05) is 6.07 Å². The van der Waals surface area contributed by atoms with E-state index in [1.165, 1.54) is 5.56 Å². The monoisotopic (exact) mass is 216 g/mol. The molecule has 84 valence electrons. The first-order valence-corrected chi connectivity index (χ1v) is 5.44. The number of pyridine rings is 1. The summed E-state index contributed by atoms with van der Waals surface area (Å²) in [6, 6.07) is 8.11. The Bertz CT molecular complexity index is 437. The van der Waals surface area contributed by atoms with Crippen LogP contribution in [0.2, 0.25) is 0 Å². The number of hydrogen-bond acceptors (Lipinski definition) is 3. The van der Waals surface area contributed by atoms with E-state index in [4.69, 9.17) is 4.42 Å². The minimum Gasteiger partial charge on any atom is -0.468 e. The van der Waals surface area contributed by atoms with Gasteiger partial charge in [0, 0.05) is 12.7 Å². The van der Waals surface area contributed by atoms with Crippen molar-refractivity contribution in [3.8, 4) is 0 Å². The average molecular weight is 216 g/mol. The van der Waals surface area contributed by atoms with Gasteiger partial charge in [-0.2, -0.15) is 0 Å². The topological polar surface area (TPSA) is 38.1 Å². The Morgan fingerprint density at radius 3 is 2.94 bits per heavy atom. The van der Waals surface area contributed by atoms with Crippen molar-refractivity contribution in [1.29, 1.82) is 0 Å². The van der Waals surface area contributed by atoms with E-state index < -0.39 is 0 Å². The number of aromatic nitrogens is 1. The van der Waals surface area contributed by atoms with Crippen LogP contribution in [0.1, 0.15) is 30.0 Å². The van der Waals surface area contributed by atoms with Crippen LogP contribution in [0.4, 0.5) is 0 Å². The molecule has 2 heterocycles. The summed E-state index contributed by atoms with van der Waals surface area (Å²) in [6.45, 7) is 4.91. The van der Waals surface area contributed by atoms with Crippen molar-refractivity contribution in [2.75, 3.05) is 0 Å². The molecule has 0 saturated heterocycles. The van der Waals surface area contributed by atoms with Crippen LogP contribution in [0.25, 0.3) is 0 Å². The summed E-state index contributed by atoms with van der Waals surface area (Å²) < 4.78 is 5.33. The molecule has 0 amide bonds. The molecule has 3 nitrogen and oxygen atoms in total. The van der Waals surface area contributed by atoms with Crippen molar-refractivity contribution < 1.29 is 4.42 Å². The summed E-state index contributed by atoms with van der Waals surface area (Å²) in [5.74, 6) is 0.952. The Morgan fingerprint density at radius 1 is 1.38 bits per heavy atom. The summed E-state index contributed by atoms with van der Waals surface area (Å²) in [7, 11) is 0. The summed E-state index contributed by atoms with van der Waals surface area (Å²) >= 11 is 0. The molecule has 2 aromatic rings. The third-order valence-corrected chi connectivity index (χ3v) is 2.66. The number of rotatable bonds is 4. The van der Waals surface area contributed by atoms with Gasteiger partial charge in [0.15, 0.2) is 0 Å². The lowest BCUT2D eigenvalue weighted by Gasteiger charge is -2.11. The quantitative estimate of drug-likeness (QED) is 0.854. The molecule has 1 N–H and O–H groups in total. The summed E-state index contributed by atoms with van der Waals surface area (Å²) in [5, 5.41) is 3.39. The number of nitrogens with zero attached hydrogens (tertiary/aromatic N) is 1. The van der Waals surface area contributed by atoms with Crippen LogP contribution in [0, 0.1) is 6.92 Å². The van der Waals surface area contributed by atoms with E-state index in [1.54, 1.807) is 6.26 Å². The highest BCUT2D eigenvalue weighted by atomic mass is 16.3. The lowest BCUT2D eigenvalue weighted by atomic mass is 10.2. The molecule has 0 spiro atoms. The third-order valence-electron chi connectivity index (χ3n) is 2.66. The molecule has 3 heteroatoms. The van der Waals surface area contributed by atoms with E-state index in [1.807, 2.05) is 24.4 Å². The van der Waals surface area contributed by atoms with Crippen molar-refractivity contribution in [2.24, 2.45) is 0 Å². The Morgan fingerprint density at radius 2 is 2.25 bits per heavy atom. The molecule has 0 radical (unpaired) electrons. The zero-order valence-corrected chi connectivity index (χ0v) is 9.60. The molecule has 16 heavy (non-hydrogen) atoms. The third kappa shape index (κ3) is 2.49. The minimum atomic E-state index is 0.205. The largest absolute Gasteiger partial charge is 0.468 e. The predicted molar refractivity (Wildman–Crippen MR) is 62.9 cm³/mol. The number of nitrogens with one attached hydrogen (secondary N) is 1. The molecule has 2 rings (SSSR count). The fourth-order valence-corrected chi connectivity index (χ4v) is 1.59. The van der Waals surface area contributed by atoms with Gasteiger partial charge in [0.25, 0.3) is 0 Å². The molecule has 0 aliphatic heterocycles. The molecular weight excluding hydrogens is 200 g/mol. The van der Waals surface area contributed by atoms with E-state index in [0.717, 1.165) is 18.0 Å². The van der Waals surface area contributed by atoms with Crippen LogP contribution in [-0.4, -0.2) is 4.98 Å². The van der Waals surface area contributed by atoms with E-state index >= 15 is 0 Å². The Hall–Kier alpha value is -1.61. The van der Waals surface area contributed by atoms with Gasteiger partial charge in [-0.05, 0) is 37.6 Å². The highest BCUT2D eigenvalue weighted by Crippen LogP contribution is 2.13. The van der Waals surface area contributed by atoms with Gasteiger partial charge in [-0.15, -0.1) is 0 Å². The number of hydrogen-bond donors (Lipinski definition) is 1.